The Hall–Kier alpha value is -1.82. The van der Waals surface area contributed by atoms with Gasteiger partial charge in [-0.25, -0.2) is 0 Å². The number of anilines is 1. The number of nitrogens with two attached hydrogens (primary N) is 1. The monoisotopic (exact) mass is 313 g/mol. The molecule has 0 amide bonds. The Bertz CT molecular complexity index is 683. The summed E-state index contributed by atoms with van der Waals surface area (Å²) >= 11 is 0. The first kappa shape index (κ1) is 15.6. The molecule has 0 saturated carbocycles. The van der Waals surface area contributed by atoms with Crippen LogP contribution in [0.1, 0.15) is 16.7 Å². The van der Waals surface area contributed by atoms with E-state index in [9.17, 15) is 17.4 Å². The van der Waals surface area contributed by atoms with Gasteiger partial charge in [-0.05, 0) is 42.3 Å². The Morgan fingerprint density at radius 3 is 2.48 bits per heavy atom. The van der Waals surface area contributed by atoms with E-state index in [0.717, 1.165) is 17.7 Å². The molecular weight excluding hydrogens is 299 g/mol. The summed E-state index contributed by atoms with van der Waals surface area (Å²) in [5, 5.41) is 0. The normalized spacial score (nSPS) is 13.1. The van der Waals surface area contributed by atoms with Crippen LogP contribution in [0.3, 0.4) is 0 Å². The predicted octanol–water partition coefficient (Wildman–Crippen LogP) is 3.90. The molecule has 0 bridgehead atoms. The maximum atomic E-state index is 12.6. The first-order valence-corrected chi connectivity index (χ1v) is 7.50. The van der Waals surface area contributed by atoms with Crippen LogP contribution >= 0.6 is 0 Å². The summed E-state index contributed by atoms with van der Waals surface area (Å²) in [5.41, 5.74) is 6.73. The molecule has 0 heterocycles. The molecule has 0 aliphatic rings. The van der Waals surface area contributed by atoms with Crippen molar-refractivity contribution in [1.29, 1.82) is 0 Å². The van der Waals surface area contributed by atoms with Crippen molar-refractivity contribution in [3.8, 4) is 0 Å². The van der Waals surface area contributed by atoms with Crippen molar-refractivity contribution in [2.75, 3.05) is 5.73 Å². The zero-order valence-corrected chi connectivity index (χ0v) is 12.1. The van der Waals surface area contributed by atoms with Gasteiger partial charge in [0.25, 0.3) is 0 Å². The number of hydrogen-bond donors (Lipinski definition) is 1. The lowest BCUT2D eigenvalue weighted by Crippen LogP contribution is -2.06. The lowest BCUT2D eigenvalue weighted by Gasteiger charge is -2.09. The van der Waals surface area contributed by atoms with E-state index in [1.807, 2.05) is 0 Å². The zero-order valence-electron chi connectivity index (χ0n) is 11.3. The Morgan fingerprint density at radius 1 is 1.14 bits per heavy atom. The number of alkyl halides is 3. The van der Waals surface area contributed by atoms with E-state index in [4.69, 9.17) is 5.73 Å². The van der Waals surface area contributed by atoms with Gasteiger partial charge in [0.15, 0.2) is 0 Å². The molecule has 0 spiro atoms. The maximum absolute atomic E-state index is 12.6. The fourth-order valence-corrected chi connectivity index (χ4v) is 3.04. The van der Waals surface area contributed by atoms with Crippen LogP contribution in [0, 0.1) is 6.92 Å². The summed E-state index contributed by atoms with van der Waals surface area (Å²) in [6, 6.07) is 9.86. The maximum Gasteiger partial charge on any atom is 0.416 e. The van der Waals surface area contributed by atoms with Crippen molar-refractivity contribution in [3.63, 3.8) is 0 Å². The second kappa shape index (κ2) is 5.89. The van der Waals surface area contributed by atoms with Crippen LogP contribution in [0.2, 0.25) is 0 Å². The zero-order chi connectivity index (χ0) is 15.6. The summed E-state index contributed by atoms with van der Waals surface area (Å²) in [6.45, 7) is 1.79. The van der Waals surface area contributed by atoms with Crippen LogP contribution in [-0.4, -0.2) is 4.21 Å². The minimum absolute atomic E-state index is 0.0350. The summed E-state index contributed by atoms with van der Waals surface area (Å²) in [7, 11) is -1.41. The first-order chi connectivity index (χ1) is 9.77. The average Bonchev–Trinajstić information content (AvgIpc) is 2.41. The third kappa shape index (κ3) is 3.85. The van der Waals surface area contributed by atoms with Gasteiger partial charge in [0, 0.05) is 10.6 Å². The Kier molecular flexibility index (Phi) is 4.37. The average molecular weight is 313 g/mol. The van der Waals surface area contributed by atoms with Crippen LogP contribution in [0.5, 0.6) is 0 Å². The second-order valence-corrected chi connectivity index (χ2v) is 6.16. The third-order valence-corrected chi connectivity index (χ3v) is 4.43. The number of nitrogen functional groups attached to an aromatic ring is 1. The molecule has 21 heavy (non-hydrogen) atoms. The molecule has 2 nitrogen and oxygen atoms in total. The van der Waals surface area contributed by atoms with E-state index < -0.39 is 22.5 Å². The topological polar surface area (TPSA) is 43.1 Å². The van der Waals surface area contributed by atoms with E-state index in [1.165, 1.54) is 12.1 Å². The predicted molar refractivity (Wildman–Crippen MR) is 77.1 cm³/mol. The molecule has 0 radical (unpaired) electrons. The summed E-state index contributed by atoms with van der Waals surface area (Å²) in [4.78, 5) is 0.555. The van der Waals surface area contributed by atoms with Gasteiger partial charge in [-0.15, -0.1) is 0 Å². The molecule has 2 aromatic rings. The molecule has 6 heteroatoms. The van der Waals surface area contributed by atoms with Gasteiger partial charge in [0.1, 0.15) is 0 Å². The standard InChI is InChI=1S/C15H14F3NOS/c1-10-7-13(5-6-14(10)19)21(20)9-11-3-2-4-12(8-11)15(16,17)18/h2-8H,9,19H2,1H3. The number of rotatable bonds is 3. The lowest BCUT2D eigenvalue weighted by atomic mass is 10.1. The number of hydrogen-bond acceptors (Lipinski definition) is 2. The molecule has 0 fully saturated rings. The van der Waals surface area contributed by atoms with Crippen LogP contribution in [0.25, 0.3) is 0 Å². The third-order valence-electron chi connectivity index (χ3n) is 3.06. The van der Waals surface area contributed by atoms with E-state index in [0.29, 0.717) is 16.1 Å². The molecule has 1 atom stereocenters. The van der Waals surface area contributed by atoms with Crippen molar-refractivity contribution < 1.29 is 17.4 Å². The van der Waals surface area contributed by atoms with Crippen LogP contribution in [-0.2, 0) is 22.7 Å². The minimum atomic E-state index is -4.39. The van der Waals surface area contributed by atoms with E-state index in [1.54, 1.807) is 25.1 Å². The minimum Gasteiger partial charge on any atom is -0.399 e. The highest BCUT2D eigenvalue weighted by atomic mass is 32.2. The van der Waals surface area contributed by atoms with E-state index in [-0.39, 0.29) is 5.75 Å². The molecule has 2 N–H and O–H groups in total. The largest absolute Gasteiger partial charge is 0.416 e. The first-order valence-electron chi connectivity index (χ1n) is 6.18. The highest BCUT2D eigenvalue weighted by Crippen LogP contribution is 2.30. The van der Waals surface area contributed by atoms with Gasteiger partial charge in [0.2, 0.25) is 0 Å². The molecule has 0 aromatic heterocycles. The quantitative estimate of drug-likeness (QED) is 0.873. The fourth-order valence-electron chi connectivity index (χ4n) is 1.86. The van der Waals surface area contributed by atoms with Crippen molar-refractivity contribution in [2.24, 2.45) is 0 Å². The molecule has 112 valence electrons. The lowest BCUT2D eigenvalue weighted by molar-refractivity contribution is -0.137. The second-order valence-electron chi connectivity index (χ2n) is 4.71. The van der Waals surface area contributed by atoms with Gasteiger partial charge in [-0.3, -0.25) is 4.21 Å². The molecule has 0 aliphatic carbocycles. The Morgan fingerprint density at radius 2 is 1.86 bits per heavy atom. The number of benzene rings is 2. The van der Waals surface area contributed by atoms with Gasteiger partial charge >= 0.3 is 6.18 Å². The highest BCUT2D eigenvalue weighted by molar-refractivity contribution is 7.84. The molecule has 0 aliphatic heterocycles. The SMILES string of the molecule is Cc1cc(S(=O)Cc2cccc(C(F)(F)F)c2)ccc1N. The van der Waals surface area contributed by atoms with Crippen molar-refractivity contribution >= 4 is 16.5 Å². The summed E-state index contributed by atoms with van der Waals surface area (Å²) in [6.07, 6.45) is -4.39. The highest BCUT2D eigenvalue weighted by Gasteiger charge is 2.30. The summed E-state index contributed by atoms with van der Waals surface area (Å²) in [5.74, 6) is 0.0350. The number of aryl methyl sites for hydroxylation is 1. The molecule has 2 rings (SSSR count). The molecular formula is C15H14F3NOS. The van der Waals surface area contributed by atoms with Gasteiger partial charge in [-0.2, -0.15) is 13.2 Å². The van der Waals surface area contributed by atoms with Gasteiger partial charge < -0.3 is 5.73 Å². The van der Waals surface area contributed by atoms with E-state index >= 15 is 0 Å². The van der Waals surface area contributed by atoms with Crippen LogP contribution in [0.15, 0.2) is 47.4 Å². The van der Waals surface area contributed by atoms with Crippen LogP contribution in [0.4, 0.5) is 18.9 Å². The van der Waals surface area contributed by atoms with Crippen molar-refractivity contribution in [1.82, 2.24) is 0 Å². The fraction of sp³-hybridized carbons (Fsp3) is 0.200. The molecule has 0 saturated heterocycles. The van der Waals surface area contributed by atoms with Crippen molar-refractivity contribution in [3.05, 3.63) is 59.2 Å². The Balaban J connectivity index is 2.21. The summed E-state index contributed by atoms with van der Waals surface area (Å²) < 4.78 is 50.1. The smallest absolute Gasteiger partial charge is 0.399 e. The van der Waals surface area contributed by atoms with Gasteiger partial charge in [-0.1, -0.05) is 18.2 Å². The van der Waals surface area contributed by atoms with Crippen LogP contribution < -0.4 is 5.73 Å². The van der Waals surface area contributed by atoms with E-state index in [2.05, 4.69) is 0 Å². The number of halogens is 3. The molecule has 1 unspecified atom stereocenters. The van der Waals surface area contributed by atoms with Crippen molar-refractivity contribution in [2.45, 2.75) is 23.7 Å². The Labute approximate surface area is 123 Å². The van der Waals surface area contributed by atoms with Gasteiger partial charge in [0.05, 0.1) is 22.1 Å². The molecule has 2 aromatic carbocycles.